The van der Waals surface area contributed by atoms with Crippen LogP contribution in [0.4, 0.5) is 0 Å². The molecule has 0 heterocycles. The molecule has 0 aliphatic rings. The average Bonchev–Trinajstić information content (AvgIpc) is 3.02. The molecular formula is C36H36O2P+. The fourth-order valence-corrected chi connectivity index (χ4v) is 9.46. The fourth-order valence-electron chi connectivity index (χ4n) is 5.11. The van der Waals surface area contributed by atoms with Crippen molar-refractivity contribution in [2.24, 2.45) is 0 Å². The van der Waals surface area contributed by atoms with Crippen molar-refractivity contribution in [2.45, 2.75) is 19.3 Å². The summed E-state index contributed by atoms with van der Waals surface area (Å²) >= 11 is 0. The first-order valence-electron chi connectivity index (χ1n) is 13.8. The maximum absolute atomic E-state index is 5.96. The van der Waals surface area contributed by atoms with Gasteiger partial charge in [0.1, 0.15) is 34.7 Å². The quantitative estimate of drug-likeness (QED) is 0.116. The smallest absolute Gasteiger partial charge is 0.119 e. The first kappa shape index (κ1) is 26.7. The summed E-state index contributed by atoms with van der Waals surface area (Å²) in [6, 6.07) is 51.9. The van der Waals surface area contributed by atoms with Crippen molar-refractivity contribution in [1.82, 2.24) is 0 Å². The number of ether oxygens (including phenoxy) is 2. The Kier molecular flexibility index (Phi) is 9.45. The standard InChI is InChI=1S/C36H36O2P/c1-5-16-32(17-6-1)37-28-14-29-38-33-26-24-31(25-27-33)15-13-30-39(34-18-7-2-8-19-34,35-20-9-3-10-21-35)36-22-11-4-12-23-36/h1-12,16-27H,13-15,28-30H2/q+1. The number of hydrogen-bond donors (Lipinski definition) is 0. The van der Waals surface area contributed by atoms with Crippen molar-refractivity contribution in [2.75, 3.05) is 19.4 Å². The molecule has 2 nitrogen and oxygen atoms in total. The summed E-state index contributed by atoms with van der Waals surface area (Å²) in [4.78, 5) is 0. The highest BCUT2D eigenvalue weighted by Crippen LogP contribution is 2.55. The van der Waals surface area contributed by atoms with Crippen LogP contribution in [0.15, 0.2) is 146 Å². The van der Waals surface area contributed by atoms with Gasteiger partial charge in [0.25, 0.3) is 0 Å². The van der Waals surface area contributed by atoms with Gasteiger partial charge in [-0.3, -0.25) is 0 Å². The van der Waals surface area contributed by atoms with Crippen molar-refractivity contribution in [1.29, 1.82) is 0 Å². The number of aryl methyl sites for hydroxylation is 1. The summed E-state index contributed by atoms with van der Waals surface area (Å²) in [5, 5.41) is 4.34. The van der Waals surface area contributed by atoms with E-state index in [-0.39, 0.29) is 0 Å². The summed E-state index contributed by atoms with van der Waals surface area (Å²) in [6.45, 7) is 1.29. The fraction of sp³-hybridized carbons (Fsp3) is 0.167. The summed E-state index contributed by atoms with van der Waals surface area (Å²) in [5.41, 5.74) is 1.35. The van der Waals surface area contributed by atoms with E-state index in [0.29, 0.717) is 13.2 Å². The van der Waals surface area contributed by atoms with Crippen LogP contribution in [0.25, 0.3) is 0 Å². The maximum Gasteiger partial charge on any atom is 0.119 e. The minimum atomic E-state index is -1.78. The number of para-hydroxylation sites is 1. The van der Waals surface area contributed by atoms with Gasteiger partial charge in [-0.1, -0.05) is 84.9 Å². The third-order valence-corrected chi connectivity index (χ3v) is 11.6. The minimum Gasteiger partial charge on any atom is -0.493 e. The van der Waals surface area contributed by atoms with E-state index < -0.39 is 7.26 Å². The van der Waals surface area contributed by atoms with Crippen LogP contribution in [-0.4, -0.2) is 19.4 Å². The lowest BCUT2D eigenvalue weighted by Crippen LogP contribution is -2.33. The SMILES string of the molecule is c1ccc(OCCCOc2ccc(CCC[P+](c3ccccc3)(c3ccccc3)c3ccccc3)cc2)cc1. The molecule has 0 aliphatic carbocycles. The van der Waals surface area contributed by atoms with Crippen LogP contribution in [0.5, 0.6) is 11.5 Å². The second-order valence-corrected chi connectivity index (χ2v) is 13.3. The predicted molar refractivity (Wildman–Crippen MR) is 167 cm³/mol. The van der Waals surface area contributed by atoms with E-state index in [4.69, 9.17) is 9.47 Å². The van der Waals surface area contributed by atoms with Gasteiger partial charge in [-0.2, -0.15) is 0 Å². The van der Waals surface area contributed by atoms with Crippen LogP contribution in [0.2, 0.25) is 0 Å². The predicted octanol–water partition coefficient (Wildman–Crippen LogP) is 7.46. The average molecular weight is 532 g/mol. The van der Waals surface area contributed by atoms with E-state index in [0.717, 1.165) is 36.9 Å². The Morgan fingerprint density at radius 1 is 0.410 bits per heavy atom. The first-order chi connectivity index (χ1) is 19.3. The molecule has 0 amide bonds. The summed E-state index contributed by atoms with van der Waals surface area (Å²) in [6.07, 6.45) is 4.13. The molecule has 0 unspecified atom stereocenters. The second-order valence-electron chi connectivity index (χ2n) is 9.65. The Labute approximate surface area is 233 Å². The van der Waals surface area contributed by atoms with Crippen LogP contribution in [0, 0.1) is 0 Å². The second kappa shape index (κ2) is 13.8. The minimum absolute atomic E-state index is 0.643. The molecule has 196 valence electrons. The summed E-state index contributed by atoms with van der Waals surface area (Å²) in [7, 11) is -1.78. The lowest BCUT2D eigenvalue weighted by molar-refractivity contribution is 0.247. The summed E-state index contributed by atoms with van der Waals surface area (Å²) < 4.78 is 11.7. The van der Waals surface area contributed by atoms with E-state index >= 15 is 0 Å². The molecule has 0 aromatic heterocycles. The van der Waals surface area contributed by atoms with Gasteiger partial charge >= 0.3 is 0 Å². The van der Waals surface area contributed by atoms with Gasteiger partial charge in [-0.15, -0.1) is 0 Å². The molecule has 0 aliphatic heterocycles. The van der Waals surface area contributed by atoms with Crippen LogP contribution in [0.3, 0.4) is 0 Å². The molecule has 5 aromatic carbocycles. The molecular weight excluding hydrogens is 495 g/mol. The van der Waals surface area contributed by atoms with Gasteiger partial charge in [-0.05, 0) is 79.1 Å². The summed E-state index contributed by atoms with van der Waals surface area (Å²) in [5.74, 6) is 1.82. The van der Waals surface area contributed by atoms with Crippen molar-refractivity contribution in [3.05, 3.63) is 151 Å². The molecule has 5 aromatic rings. The Balaban J connectivity index is 1.22. The van der Waals surface area contributed by atoms with E-state index in [9.17, 15) is 0 Å². The highest BCUT2D eigenvalue weighted by atomic mass is 31.2. The van der Waals surface area contributed by atoms with Crippen molar-refractivity contribution >= 4 is 23.2 Å². The Morgan fingerprint density at radius 3 is 1.28 bits per heavy atom. The number of rotatable bonds is 13. The molecule has 0 atom stereocenters. The van der Waals surface area contributed by atoms with Gasteiger partial charge in [0.15, 0.2) is 0 Å². The zero-order valence-electron chi connectivity index (χ0n) is 22.4. The monoisotopic (exact) mass is 531 g/mol. The molecule has 39 heavy (non-hydrogen) atoms. The van der Waals surface area contributed by atoms with Crippen molar-refractivity contribution in [3.63, 3.8) is 0 Å². The largest absolute Gasteiger partial charge is 0.493 e. The van der Waals surface area contributed by atoms with E-state index in [1.54, 1.807) is 0 Å². The molecule has 3 heteroatoms. The lowest BCUT2D eigenvalue weighted by atomic mass is 10.1. The van der Waals surface area contributed by atoms with Gasteiger partial charge in [0.2, 0.25) is 0 Å². The maximum atomic E-state index is 5.96. The Bertz CT molecular complexity index is 1280. The van der Waals surface area contributed by atoms with Crippen molar-refractivity contribution < 1.29 is 9.47 Å². The van der Waals surface area contributed by atoms with Gasteiger partial charge < -0.3 is 9.47 Å². The van der Waals surface area contributed by atoms with Gasteiger partial charge in [0, 0.05) is 6.42 Å². The molecule has 0 saturated heterocycles. The number of hydrogen-bond acceptors (Lipinski definition) is 2. The van der Waals surface area contributed by atoms with Crippen LogP contribution >= 0.6 is 7.26 Å². The molecule has 0 N–H and O–H groups in total. The number of benzene rings is 5. The Morgan fingerprint density at radius 2 is 0.821 bits per heavy atom. The first-order valence-corrected chi connectivity index (χ1v) is 15.8. The normalized spacial score (nSPS) is 11.2. The molecule has 0 fully saturated rings. The lowest BCUT2D eigenvalue weighted by Gasteiger charge is -2.27. The highest BCUT2D eigenvalue weighted by Gasteiger charge is 2.44. The van der Waals surface area contributed by atoms with Crippen molar-refractivity contribution in [3.8, 4) is 11.5 Å². The van der Waals surface area contributed by atoms with E-state index in [2.05, 4.69) is 115 Å². The van der Waals surface area contributed by atoms with E-state index in [1.165, 1.54) is 21.5 Å². The molecule has 5 rings (SSSR count). The molecule has 0 spiro atoms. The highest BCUT2D eigenvalue weighted by molar-refractivity contribution is 7.95. The van der Waals surface area contributed by atoms with Crippen LogP contribution in [0.1, 0.15) is 18.4 Å². The van der Waals surface area contributed by atoms with Gasteiger partial charge in [0.05, 0.1) is 19.4 Å². The Hall–Kier alpha value is -3.87. The van der Waals surface area contributed by atoms with E-state index in [1.807, 2.05) is 30.3 Å². The molecule has 0 bridgehead atoms. The molecule has 0 saturated carbocycles. The third-order valence-electron chi connectivity index (χ3n) is 7.04. The third kappa shape index (κ3) is 6.96. The van der Waals surface area contributed by atoms with Gasteiger partial charge in [-0.25, -0.2) is 0 Å². The zero-order chi connectivity index (χ0) is 26.6. The van der Waals surface area contributed by atoms with Crippen LogP contribution in [-0.2, 0) is 6.42 Å². The zero-order valence-corrected chi connectivity index (χ0v) is 23.3. The molecule has 0 radical (unpaired) electrons. The van der Waals surface area contributed by atoms with Crippen LogP contribution < -0.4 is 25.4 Å². The topological polar surface area (TPSA) is 18.5 Å².